The summed E-state index contributed by atoms with van der Waals surface area (Å²) in [5.74, 6) is 1.20. The van der Waals surface area contributed by atoms with Crippen LogP contribution in [0.4, 0.5) is 0 Å². The van der Waals surface area contributed by atoms with Crippen LogP contribution >= 0.6 is 0 Å². The quantitative estimate of drug-likeness (QED) is 0.775. The second-order valence-corrected chi connectivity index (χ2v) is 4.42. The normalized spacial score (nSPS) is 19.2. The minimum Gasteiger partial charge on any atom is -0.466 e. The number of hydrogen-bond donors (Lipinski definition) is 1. The third kappa shape index (κ3) is 2.39. The predicted octanol–water partition coefficient (Wildman–Crippen LogP) is 0.916. The van der Waals surface area contributed by atoms with Crippen LogP contribution in [0.3, 0.4) is 0 Å². The van der Waals surface area contributed by atoms with Gasteiger partial charge in [-0.2, -0.15) is 0 Å². The number of carbonyl (C=O) groups excluding carboxylic acids is 2. The van der Waals surface area contributed by atoms with Gasteiger partial charge in [0, 0.05) is 11.6 Å². The van der Waals surface area contributed by atoms with Gasteiger partial charge in [0.1, 0.15) is 11.5 Å². The summed E-state index contributed by atoms with van der Waals surface area (Å²) < 4.78 is 5.47. The molecule has 17 heavy (non-hydrogen) atoms. The van der Waals surface area contributed by atoms with E-state index in [1.807, 2.05) is 31.7 Å². The van der Waals surface area contributed by atoms with Crippen LogP contribution in [-0.4, -0.2) is 29.8 Å². The average molecular weight is 236 g/mol. The van der Waals surface area contributed by atoms with Gasteiger partial charge in [-0.05, 0) is 26.8 Å². The molecule has 2 amide bonds. The molecular formula is C12H16N2O3. The first-order valence-corrected chi connectivity index (χ1v) is 5.61. The molecule has 0 aromatic carbocycles. The first-order valence-electron chi connectivity index (χ1n) is 5.61. The molecule has 5 heteroatoms. The summed E-state index contributed by atoms with van der Waals surface area (Å²) in [6.07, 6.45) is 0. The molecule has 5 nitrogen and oxygen atoms in total. The molecule has 0 aliphatic carbocycles. The van der Waals surface area contributed by atoms with Crippen molar-refractivity contribution >= 4 is 11.8 Å². The second kappa shape index (κ2) is 4.33. The molecule has 0 radical (unpaired) electrons. The lowest BCUT2D eigenvalue weighted by Crippen LogP contribution is -2.51. The monoisotopic (exact) mass is 236 g/mol. The van der Waals surface area contributed by atoms with Crippen LogP contribution in [0.2, 0.25) is 0 Å². The van der Waals surface area contributed by atoms with Crippen molar-refractivity contribution in [2.24, 2.45) is 0 Å². The van der Waals surface area contributed by atoms with E-state index in [0.29, 0.717) is 0 Å². The van der Waals surface area contributed by atoms with Crippen molar-refractivity contribution in [2.75, 3.05) is 13.1 Å². The van der Waals surface area contributed by atoms with Crippen LogP contribution in [0.15, 0.2) is 10.5 Å². The van der Waals surface area contributed by atoms with E-state index in [2.05, 4.69) is 5.32 Å². The van der Waals surface area contributed by atoms with Gasteiger partial charge in [-0.25, -0.2) is 0 Å². The Hall–Kier alpha value is -1.62. The van der Waals surface area contributed by atoms with Crippen LogP contribution in [-0.2, 0) is 9.59 Å². The van der Waals surface area contributed by atoms with E-state index >= 15 is 0 Å². The SMILES string of the molecule is Cc1cc(C(C)N2CC(=O)NC(=O)C2)c(C)o1. The van der Waals surface area contributed by atoms with Crippen LogP contribution in [0.5, 0.6) is 0 Å². The molecule has 0 spiro atoms. The first kappa shape index (κ1) is 11.9. The zero-order valence-electron chi connectivity index (χ0n) is 10.2. The number of nitrogens with zero attached hydrogens (tertiary/aromatic N) is 1. The van der Waals surface area contributed by atoms with Crippen molar-refractivity contribution in [3.8, 4) is 0 Å². The fourth-order valence-corrected chi connectivity index (χ4v) is 2.20. The molecule has 1 aromatic rings. The third-order valence-corrected chi connectivity index (χ3v) is 3.05. The molecule has 92 valence electrons. The summed E-state index contributed by atoms with van der Waals surface area (Å²) in [5, 5.41) is 2.29. The Morgan fingerprint density at radius 2 is 1.88 bits per heavy atom. The number of amides is 2. The lowest BCUT2D eigenvalue weighted by Gasteiger charge is -2.30. The Morgan fingerprint density at radius 1 is 1.29 bits per heavy atom. The van der Waals surface area contributed by atoms with Crippen molar-refractivity contribution < 1.29 is 14.0 Å². The number of imide groups is 1. The van der Waals surface area contributed by atoms with Crippen molar-refractivity contribution in [2.45, 2.75) is 26.8 Å². The van der Waals surface area contributed by atoms with E-state index in [9.17, 15) is 9.59 Å². The highest BCUT2D eigenvalue weighted by Gasteiger charge is 2.28. The smallest absolute Gasteiger partial charge is 0.240 e. The van der Waals surface area contributed by atoms with Gasteiger partial charge in [0.05, 0.1) is 13.1 Å². The molecule has 2 rings (SSSR count). The highest BCUT2D eigenvalue weighted by atomic mass is 16.3. The maximum atomic E-state index is 11.3. The maximum absolute atomic E-state index is 11.3. The number of nitrogens with one attached hydrogen (secondary N) is 1. The molecule has 1 aromatic heterocycles. The molecule has 1 aliphatic rings. The van der Waals surface area contributed by atoms with E-state index in [0.717, 1.165) is 17.1 Å². The van der Waals surface area contributed by atoms with Crippen molar-refractivity contribution in [1.82, 2.24) is 10.2 Å². The Kier molecular flexibility index (Phi) is 3.02. The fourth-order valence-electron chi connectivity index (χ4n) is 2.20. The summed E-state index contributed by atoms with van der Waals surface area (Å²) in [5.41, 5.74) is 1.03. The van der Waals surface area contributed by atoms with Crippen molar-refractivity contribution in [1.29, 1.82) is 0 Å². The third-order valence-electron chi connectivity index (χ3n) is 3.05. The number of rotatable bonds is 2. The zero-order valence-corrected chi connectivity index (χ0v) is 10.2. The van der Waals surface area contributed by atoms with Crippen molar-refractivity contribution in [3.05, 3.63) is 23.2 Å². The maximum Gasteiger partial charge on any atom is 0.240 e. The Balaban J connectivity index is 2.19. The molecule has 0 saturated carbocycles. The number of aryl methyl sites for hydroxylation is 2. The van der Waals surface area contributed by atoms with Gasteiger partial charge in [-0.1, -0.05) is 0 Å². The fraction of sp³-hybridized carbons (Fsp3) is 0.500. The average Bonchev–Trinajstić information content (AvgIpc) is 2.55. The topological polar surface area (TPSA) is 62.6 Å². The lowest BCUT2D eigenvalue weighted by atomic mass is 10.1. The molecule has 1 atom stereocenters. The molecule has 1 fully saturated rings. The first-order chi connectivity index (χ1) is 7.97. The van der Waals surface area contributed by atoms with E-state index in [4.69, 9.17) is 4.42 Å². The summed E-state index contributed by atoms with van der Waals surface area (Å²) in [7, 11) is 0. The summed E-state index contributed by atoms with van der Waals surface area (Å²) >= 11 is 0. The second-order valence-electron chi connectivity index (χ2n) is 4.42. The molecule has 1 saturated heterocycles. The van der Waals surface area contributed by atoms with Gasteiger partial charge < -0.3 is 4.42 Å². The highest BCUT2D eigenvalue weighted by Crippen LogP contribution is 2.26. The van der Waals surface area contributed by atoms with E-state index < -0.39 is 0 Å². The predicted molar refractivity (Wildman–Crippen MR) is 61.3 cm³/mol. The van der Waals surface area contributed by atoms with Crippen LogP contribution < -0.4 is 5.32 Å². The van der Waals surface area contributed by atoms with Crippen molar-refractivity contribution in [3.63, 3.8) is 0 Å². The van der Waals surface area contributed by atoms with Gasteiger partial charge in [0.25, 0.3) is 0 Å². The number of furan rings is 1. The van der Waals surface area contributed by atoms with Gasteiger partial charge >= 0.3 is 0 Å². The highest BCUT2D eigenvalue weighted by molar-refractivity contribution is 5.99. The molecule has 1 N–H and O–H groups in total. The van der Waals surface area contributed by atoms with Crippen LogP contribution in [0, 0.1) is 13.8 Å². The molecule has 0 bridgehead atoms. The Bertz CT molecular complexity index is 448. The van der Waals surface area contributed by atoms with E-state index in [-0.39, 0.29) is 30.9 Å². The van der Waals surface area contributed by atoms with Crippen LogP contribution in [0.25, 0.3) is 0 Å². The van der Waals surface area contributed by atoms with Gasteiger partial charge in [-0.15, -0.1) is 0 Å². The number of hydrogen-bond acceptors (Lipinski definition) is 4. The van der Waals surface area contributed by atoms with Gasteiger partial charge in [0.15, 0.2) is 0 Å². The van der Waals surface area contributed by atoms with E-state index in [1.54, 1.807) is 0 Å². The molecular weight excluding hydrogens is 220 g/mol. The number of piperazine rings is 1. The summed E-state index contributed by atoms with van der Waals surface area (Å²) in [4.78, 5) is 24.5. The summed E-state index contributed by atoms with van der Waals surface area (Å²) in [6, 6.07) is 1.96. The lowest BCUT2D eigenvalue weighted by molar-refractivity contribution is -0.137. The van der Waals surface area contributed by atoms with E-state index in [1.165, 1.54) is 0 Å². The molecule has 1 aliphatic heterocycles. The number of carbonyl (C=O) groups is 2. The van der Waals surface area contributed by atoms with Gasteiger partial charge in [0.2, 0.25) is 11.8 Å². The van der Waals surface area contributed by atoms with Gasteiger partial charge in [-0.3, -0.25) is 19.8 Å². The standard InChI is InChI=1S/C12H16N2O3/c1-7-4-10(9(3)17-7)8(2)14-5-11(15)13-12(16)6-14/h4,8H,5-6H2,1-3H3,(H,13,15,16). The molecule has 1 unspecified atom stereocenters. The van der Waals surface area contributed by atoms with Crippen LogP contribution in [0.1, 0.15) is 30.0 Å². The minimum absolute atomic E-state index is 0.00227. The zero-order chi connectivity index (χ0) is 12.6. The Morgan fingerprint density at radius 3 is 2.35 bits per heavy atom. The minimum atomic E-state index is -0.244. The largest absolute Gasteiger partial charge is 0.466 e. The molecule has 2 heterocycles. The summed E-state index contributed by atoms with van der Waals surface area (Å²) in [6.45, 7) is 6.25. The Labute approximate surface area is 99.8 Å².